The van der Waals surface area contributed by atoms with Gasteiger partial charge in [0.1, 0.15) is 0 Å². The molecule has 7 heteroatoms. The molecule has 218 valence electrons. The summed E-state index contributed by atoms with van der Waals surface area (Å²) in [6.07, 6.45) is 9.59. The predicted octanol–water partition coefficient (Wildman–Crippen LogP) is 8.40. The molecule has 0 unspecified atom stereocenters. The maximum atomic E-state index is 4.64. The van der Waals surface area contributed by atoms with Crippen molar-refractivity contribution in [2.75, 3.05) is 47.9 Å². The fraction of sp³-hybridized carbons (Fsp3) is 0.265. The van der Waals surface area contributed by atoms with E-state index in [1.807, 2.05) is 46.2 Å². The summed E-state index contributed by atoms with van der Waals surface area (Å²) in [5.74, 6) is 0. The Hall–Kier alpha value is -4.16. The molecule has 3 aromatic carbocycles. The minimum Gasteiger partial charge on any atom is -0.387 e. The second-order valence-electron chi connectivity index (χ2n) is 8.80. The minimum absolute atomic E-state index is 0.756. The molecule has 0 fully saturated rings. The number of pyridine rings is 1. The van der Waals surface area contributed by atoms with Gasteiger partial charge < -0.3 is 26.2 Å². The van der Waals surface area contributed by atoms with Crippen molar-refractivity contribution in [3.05, 3.63) is 109 Å². The van der Waals surface area contributed by atoms with E-state index in [1.54, 1.807) is 0 Å². The number of hydrogen-bond donors (Lipinski definition) is 4. The first-order valence-corrected chi connectivity index (χ1v) is 15.0. The molecule has 0 aliphatic carbocycles. The van der Waals surface area contributed by atoms with Crippen LogP contribution in [0.4, 0.5) is 28.4 Å². The van der Waals surface area contributed by atoms with E-state index in [-0.39, 0.29) is 0 Å². The molecule has 5 N–H and O–H groups in total. The van der Waals surface area contributed by atoms with Gasteiger partial charge in [0, 0.05) is 74.1 Å². The van der Waals surface area contributed by atoms with Crippen LogP contribution in [0.25, 0.3) is 10.9 Å². The first-order chi connectivity index (χ1) is 20.1. The molecule has 1 aromatic heterocycles. The summed E-state index contributed by atoms with van der Waals surface area (Å²) < 4.78 is 0. The van der Waals surface area contributed by atoms with Gasteiger partial charge in [0.15, 0.2) is 6.20 Å². The Labute approximate surface area is 251 Å². The Kier molecular flexibility index (Phi) is 14.7. The van der Waals surface area contributed by atoms with E-state index in [4.69, 9.17) is 0 Å². The van der Waals surface area contributed by atoms with Crippen LogP contribution in [0.5, 0.6) is 0 Å². The fourth-order valence-electron chi connectivity index (χ4n) is 4.08. The molecule has 2 heterocycles. The topological polar surface area (TPSA) is 65.5 Å². The molecular formula is C34H46ClN6+. The van der Waals surface area contributed by atoms with Crippen molar-refractivity contribution < 1.29 is 4.98 Å². The number of hydrogen-bond acceptors (Lipinski definition) is 5. The maximum Gasteiger partial charge on any atom is 0.214 e. The molecule has 0 saturated heterocycles. The normalized spacial score (nSPS) is 11.2. The quantitative estimate of drug-likeness (QED) is 0.159. The molecule has 0 amide bonds. The van der Waals surface area contributed by atoms with Crippen molar-refractivity contribution in [1.29, 1.82) is 0 Å². The Morgan fingerprint density at radius 1 is 0.829 bits per heavy atom. The Morgan fingerprint density at radius 3 is 2.24 bits per heavy atom. The number of halogens is 1. The van der Waals surface area contributed by atoms with Crippen LogP contribution in [0.15, 0.2) is 103 Å². The number of allylic oxidation sites excluding steroid dienone is 1. The molecule has 0 bridgehead atoms. The molecule has 1 aliphatic heterocycles. The largest absolute Gasteiger partial charge is 0.387 e. The lowest BCUT2D eigenvalue weighted by Crippen LogP contribution is -2.12. The average Bonchev–Trinajstić information content (AvgIpc) is 3.04. The number of benzene rings is 3. The summed E-state index contributed by atoms with van der Waals surface area (Å²) in [5.41, 5.74) is 8.90. The zero-order chi connectivity index (χ0) is 30.0. The highest BCUT2D eigenvalue weighted by Crippen LogP contribution is 2.27. The van der Waals surface area contributed by atoms with Gasteiger partial charge in [-0.25, -0.2) is 4.98 Å². The van der Waals surface area contributed by atoms with Crippen molar-refractivity contribution in [3.8, 4) is 0 Å². The number of alkyl halides is 1. The van der Waals surface area contributed by atoms with Crippen LogP contribution in [0.2, 0.25) is 0 Å². The van der Waals surface area contributed by atoms with Crippen molar-refractivity contribution >= 4 is 50.9 Å². The maximum absolute atomic E-state index is 4.64. The standard InChI is InChI=1S/C29H30N6.2C2H6.CH3Cl/c1-35(2)26-10-11-27-28(14-17-31-29(27)19-26)34-23-8-6-22(7-9-23)32-20-21-4-3-5-25(18-21)33-24-12-15-30-16-13-24;3*1-2/h3-15,17-19,30,32-33H,16,20H2,1-2H3,(H,31,34);2*1-2H3;1H3/p+1. The first kappa shape index (κ1) is 33.0. The summed E-state index contributed by atoms with van der Waals surface area (Å²) in [6.45, 7) is 9.60. The molecule has 6 nitrogen and oxygen atoms in total. The van der Waals surface area contributed by atoms with E-state index in [2.05, 4.69) is 136 Å². The highest BCUT2D eigenvalue weighted by atomic mass is 35.5. The number of anilines is 5. The lowest BCUT2D eigenvalue weighted by atomic mass is 10.1. The van der Waals surface area contributed by atoms with Crippen molar-refractivity contribution in [2.24, 2.45) is 0 Å². The van der Waals surface area contributed by atoms with Gasteiger partial charge in [-0.2, -0.15) is 0 Å². The molecule has 0 atom stereocenters. The van der Waals surface area contributed by atoms with Gasteiger partial charge in [0.25, 0.3) is 0 Å². The summed E-state index contributed by atoms with van der Waals surface area (Å²) in [7, 11) is 4.11. The number of nitrogens with zero attached hydrogens (tertiary/aromatic N) is 1. The highest BCUT2D eigenvalue weighted by molar-refractivity contribution is 6.15. The van der Waals surface area contributed by atoms with Gasteiger partial charge in [-0.1, -0.05) is 39.8 Å². The molecule has 4 aromatic rings. The van der Waals surface area contributed by atoms with Gasteiger partial charge in [-0.05, 0) is 72.4 Å². The highest BCUT2D eigenvalue weighted by Gasteiger charge is 2.09. The molecule has 41 heavy (non-hydrogen) atoms. The van der Waals surface area contributed by atoms with Crippen molar-refractivity contribution in [1.82, 2.24) is 5.32 Å². The van der Waals surface area contributed by atoms with E-state index in [0.29, 0.717) is 0 Å². The van der Waals surface area contributed by atoms with Gasteiger partial charge in [-0.3, -0.25) is 0 Å². The number of rotatable bonds is 8. The van der Waals surface area contributed by atoms with Gasteiger partial charge in [0.2, 0.25) is 5.52 Å². The van der Waals surface area contributed by atoms with E-state index in [9.17, 15) is 0 Å². The average molecular weight is 574 g/mol. The number of aromatic nitrogens is 1. The van der Waals surface area contributed by atoms with Gasteiger partial charge >= 0.3 is 0 Å². The molecule has 0 spiro atoms. The van der Waals surface area contributed by atoms with Crippen LogP contribution in [-0.4, -0.2) is 27.0 Å². The predicted molar refractivity (Wildman–Crippen MR) is 182 cm³/mol. The van der Waals surface area contributed by atoms with Gasteiger partial charge in [0.05, 0.1) is 11.1 Å². The monoisotopic (exact) mass is 573 g/mol. The van der Waals surface area contributed by atoms with Crippen molar-refractivity contribution in [2.45, 2.75) is 34.2 Å². The number of H-pyrrole nitrogens is 1. The Balaban J connectivity index is 0.000000921. The number of dihydropyridines is 1. The lowest BCUT2D eigenvalue weighted by Gasteiger charge is -2.14. The third-order valence-corrected chi connectivity index (χ3v) is 6.00. The number of aromatic amines is 1. The summed E-state index contributed by atoms with van der Waals surface area (Å²) in [4.78, 5) is 5.46. The van der Waals surface area contributed by atoms with Crippen LogP contribution in [-0.2, 0) is 6.54 Å². The molecule has 5 rings (SSSR count). The zero-order valence-electron chi connectivity index (χ0n) is 25.5. The van der Waals surface area contributed by atoms with E-state index >= 15 is 0 Å². The second-order valence-corrected chi connectivity index (χ2v) is 8.80. The molecule has 1 aliphatic rings. The van der Waals surface area contributed by atoms with Crippen LogP contribution < -0.4 is 31.2 Å². The Bertz CT molecular complexity index is 1380. The third-order valence-electron chi connectivity index (χ3n) is 6.00. The molecular weight excluding hydrogens is 528 g/mol. The summed E-state index contributed by atoms with van der Waals surface area (Å²) in [6, 6.07) is 25.4. The van der Waals surface area contributed by atoms with E-state index in [0.717, 1.165) is 52.4 Å². The third kappa shape index (κ3) is 10.1. The van der Waals surface area contributed by atoms with Crippen LogP contribution >= 0.6 is 11.6 Å². The fourth-order valence-corrected chi connectivity index (χ4v) is 4.08. The lowest BCUT2D eigenvalue weighted by molar-refractivity contribution is -0.344. The SMILES string of the molecule is CC.CC.CCl.CN(C)c1ccc2c(Nc3ccc(NCc4cccc(NC5=CCNC=C5)c4)cc3)cc[nH+]c2c1. The van der Waals surface area contributed by atoms with E-state index in [1.165, 1.54) is 17.6 Å². The van der Waals surface area contributed by atoms with Crippen LogP contribution in [0, 0.1) is 0 Å². The zero-order valence-corrected chi connectivity index (χ0v) is 26.2. The molecule has 0 saturated carbocycles. The van der Waals surface area contributed by atoms with Crippen LogP contribution in [0.3, 0.4) is 0 Å². The summed E-state index contributed by atoms with van der Waals surface area (Å²) >= 11 is 4.64. The van der Waals surface area contributed by atoms with Crippen LogP contribution in [0.1, 0.15) is 33.3 Å². The molecule has 0 radical (unpaired) electrons. The first-order valence-electron chi connectivity index (χ1n) is 14.2. The minimum atomic E-state index is 0.756. The van der Waals surface area contributed by atoms with Gasteiger partial charge in [-0.15, -0.1) is 11.6 Å². The smallest absolute Gasteiger partial charge is 0.214 e. The second kappa shape index (κ2) is 18.2. The summed E-state index contributed by atoms with van der Waals surface area (Å²) in [5, 5.41) is 14.9. The van der Waals surface area contributed by atoms with E-state index < -0.39 is 0 Å². The number of fused-ring (bicyclic) bond motifs is 1. The van der Waals surface area contributed by atoms with Crippen molar-refractivity contribution in [3.63, 3.8) is 0 Å². The Morgan fingerprint density at radius 2 is 1.56 bits per heavy atom. The number of nitrogens with one attached hydrogen (secondary N) is 5.